The van der Waals surface area contributed by atoms with Crippen LogP contribution >= 0.6 is 12.4 Å². The SMILES string of the molecule is C[C@H](N)C(=O)NCCNS(=O)(=O)c1ccccc1.Cl. The molecule has 0 bridgehead atoms. The first kappa shape index (κ1) is 17.8. The van der Waals surface area contributed by atoms with Gasteiger partial charge < -0.3 is 11.1 Å². The van der Waals surface area contributed by atoms with Crippen LogP contribution < -0.4 is 15.8 Å². The molecule has 0 aliphatic rings. The first-order valence-corrected chi connectivity index (χ1v) is 7.00. The van der Waals surface area contributed by atoms with E-state index >= 15 is 0 Å². The van der Waals surface area contributed by atoms with Crippen LogP contribution in [0.1, 0.15) is 6.92 Å². The molecule has 0 radical (unpaired) electrons. The standard InChI is InChI=1S/C11H17N3O3S.ClH/c1-9(12)11(15)13-7-8-14-18(16,17)10-5-3-2-4-6-10;/h2-6,9,14H,7-8,12H2,1H3,(H,13,15);1H/t9-;/m0./s1. The molecule has 0 heterocycles. The highest BCUT2D eigenvalue weighted by Gasteiger charge is 2.12. The van der Waals surface area contributed by atoms with Crippen LogP contribution in [0.4, 0.5) is 0 Å². The number of rotatable bonds is 6. The van der Waals surface area contributed by atoms with Gasteiger partial charge in [-0.3, -0.25) is 4.79 Å². The lowest BCUT2D eigenvalue weighted by molar-refractivity contribution is -0.121. The lowest BCUT2D eigenvalue weighted by Crippen LogP contribution is -2.41. The lowest BCUT2D eigenvalue weighted by Gasteiger charge is -2.09. The normalized spacial score (nSPS) is 12.3. The molecule has 1 aromatic rings. The summed E-state index contributed by atoms with van der Waals surface area (Å²) < 4.78 is 25.9. The fourth-order valence-electron chi connectivity index (χ4n) is 1.22. The van der Waals surface area contributed by atoms with Crippen molar-refractivity contribution in [1.82, 2.24) is 10.0 Å². The average Bonchev–Trinajstić information content (AvgIpc) is 2.35. The minimum absolute atomic E-state index is 0. The number of nitrogens with two attached hydrogens (primary N) is 1. The maximum atomic E-state index is 11.8. The van der Waals surface area contributed by atoms with Crippen molar-refractivity contribution in [2.45, 2.75) is 17.9 Å². The zero-order valence-corrected chi connectivity index (χ0v) is 12.1. The molecule has 1 atom stereocenters. The largest absolute Gasteiger partial charge is 0.353 e. The summed E-state index contributed by atoms with van der Waals surface area (Å²) in [5, 5.41) is 2.52. The van der Waals surface area contributed by atoms with Gasteiger partial charge in [0.1, 0.15) is 0 Å². The molecule has 0 saturated heterocycles. The molecule has 6 nitrogen and oxygen atoms in total. The zero-order valence-electron chi connectivity index (χ0n) is 10.5. The topological polar surface area (TPSA) is 101 Å². The Morgan fingerprint density at radius 3 is 2.37 bits per heavy atom. The number of carbonyl (C=O) groups excluding carboxylic acids is 1. The maximum absolute atomic E-state index is 11.8. The van der Waals surface area contributed by atoms with E-state index in [1.165, 1.54) is 12.1 Å². The number of hydrogen-bond donors (Lipinski definition) is 3. The Morgan fingerprint density at radius 2 is 1.84 bits per heavy atom. The number of hydrogen-bond acceptors (Lipinski definition) is 4. The fraction of sp³-hybridized carbons (Fsp3) is 0.364. The molecule has 0 aliphatic carbocycles. The summed E-state index contributed by atoms with van der Waals surface area (Å²) >= 11 is 0. The van der Waals surface area contributed by atoms with Crippen molar-refractivity contribution in [3.05, 3.63) is 30.3 Å². The van der Waals surface area contributed by atoms with Gasteiger partial charge in [0.2, 0.25) is 15.9 Å². The summed E-state index contributed by atoms with van der Waals surface area (Å²) in [5.41, 5.74) is 5.34. The molecule has 1 amide bonds. The second-order valence-electron chi connectivity index (χ2n) is 3.79. The predicted octanol–water partition coefficient (Wildman–Crippen LogP) is -0.150. The molecule has 1 rings (SSSR count). The molecular weight excluding hydrogens is 290 g/mol. The molecule has 4 N–H and O–H groups in total. The third-order valence-electron chi connectivity index (χ3n) is 2.18. The second kappa shape index (κ2) is 8.11. The quantitative estimate of drug-likeness (QED) is 0.636. The Labute approximate surface area is 119 Å². The minimum atomic E-state index is -3.51. The molecule has 108 valence electrons. The van der Waals surface area contributed by atoms with Crippen LogP contribution in [0.5, 0.6) is 0 Å². The highest BCUT2D eigenvalue weighted by atomic mass is 35.5. The van der Waals surface area contributed by atoms with Gasteiger partial charge in [0.25, 0.3) is 0 Å². The second-order valence-corrected chi connectivity index (χ2v) is 5.56. The molecule has 0 saturated carbocycles. The summed E-state index contributed by atoms with van der Waals surface area (Å²) in [6.45, 7) is 1.88. The Hall–Kier alpha value is -1.15. The lowest BCUT2D eigenvalue weighted by atomic mass is 10.3. The van der Waals surface area contributed by atoms with Gasteiger partial charge in [0.15, 0.2) is 0 Å². The van der Waals surface area contributed by atoms with Gasteiger partial charge in [-0.15, -0.1) is 12.4 Å². The number of nitrogens with one attached hydrogen (secondary N) is 2. The van der Waals surface area contributed by atoms with Crippen molar-refractivity contribution in [3.63, 3.8) is 0 Å². The van der Waals surface area contributed by atoms with E-state index in [9.17, 15) is 13.2 Å². The van der Waals surface area contributed by atoms with Crippen LogP contribution in [0.15, 0.2) is 35.2 Å². The van der Waals surface area contributed by atoms with Crippen molar-refractivity contribution in [3.8, 4) is 0 Å². The molecule has 0 spiro atoms. The highest BCUT2D eigenvalue weighted by Crippen LogP contribution is 2.06. The van der Waals surface area contributed by atoms with Crippen molar-refractivity contribution >= 4 is 28.3 Å². The Balaban J connectivity index is 0.00000324. The molecule has 8 heteroatoms. The van der Waals surface area contributed by atoms with Crippen LogP contribution in [0.3, 0.4) is 0 Å². The maximum Gasteiger partial charge on any atom is 0.240 e. The number of carbonyl (C=O) groups is 1. The molecule has 1 aromatic carbocycles. The summed E-state index contributed by atoms with van der Waals surface area (Å²) in [6.07, 6.45) is 0. The smallest absolute Gasteiger partial charge is 0.240 e. The van der Waals surface area contributed by atoms with Gasteiger partial charge in [-0.25, -0.2) is 13.1 Å². The van der Waals surface area contributed by atoms with Crippen molar-refractivity contribution in [1.29, 1.82) is 0 Å². The third kappa shape index (κ3) is 6.02. The summed E-state index contributed by atoms with van der Waals surface area (Å²) in [6, 6.07) is 7.43. The van der Waals surface area contributed by atoms with Crippen LogP contribution in [-0.2, 0) is 14.8 Å². The van der Waals surface area contributed by atoms with Crippen LogP contribution in [0.25, 0.3) is 0 Å². The monoisotopic (exact) mass is 307 g/mol. The average molecular weight is 308 g/mol. The summed E-state index contributed by atoms with van der Waals surface area (Å²) in [4.78, 5) is 11.3. The third-order valence-corrected chi connectivity index (χ3v) is 3.66. The number of halogens is 1. The molecule has 0 aliphatic heterocycles. The van der Waals surface area contributed by atoms with E-state index in [2.05, 4.69) is 10.0 Å². The number of sulfonamides is 1. The molecule has 0 fully saturated rings. The van der Waals surface area contributed by atoms with E-state index in [1.807, 2.05) is 0 Å². The summed E-state index contributed by atoms with van der Waals surface area (Å²) in [5.74, 6) is -0.311. The first-order chi connectivity index (χ1) is 8.43. The van der Waals surface area contributed by atoms with Gasteiger partial charge in [0, 0.05) is 13.1 Å². The fourth-order valence-corrected chi connectivity index (χ4v) is 2.27. The van der Waals surface area contributed by atoms with Crippen LogP contribution in [-0.4, -0.2) is 33.5 Å². The van der Waals surface area contributed by atoms with E-state index in [4.69, 9.17) is 5.73 Å². The molecule has 0 aromatic heterocycles. The van der Waals surface area contributed by atoms with E-state index in [0.29, 0.717) is 0 Å². The van der Waals surface area contributed by atoms with E-state index in [1.54, 1.807) is 25.1 Å². The minimum Gasteiger partial charge on any atom is -0.353 e. The van der Waals surface area contributed by atoms with Crippen molar-refractivity contribution in [2.75, 3.05) is 13.1 Å². The molecule has 0 unspecified atom stereocenters. The van der Waals surface area contributed by atoms with Crippen LogP contribution in [0, 0.1) is 0 Å². The number of amides is 1. The Morgan fingerprint density at radius 1 is 1.26 bits per heavy atom. The Bertz CT molecular complexity index is 491. The molecule has 19 heavy (non-hydrogen) atoms. The predicted molar refractivity (Wildman–Crippen MR) is 75.5 cm³/mol. The highest BCUT2D eigenvalue weighted by molar-refractivity contribution is 7.89. The van der Waals surface area contributed by atoms with Gasteiger partial charge in [-0.2, -0.15) is 0 Å². The Kier molecular flexibility index (Phi) is 7.62. The number of benzene rings is 1. The van der Waals surface area contributed by atoms with Gasteiger partial charge in [-0.05, 0) is 19.1 Å². The van der Waals surface area contributed by atoms with Crippen LogP contribution in [0.2, 0.25) is 0 Å². The van der Waals surface area contributed by atoms with Gasteiger partial charge >= 0.3 is 0 Å². The van der Waals surface area contributed by atoms with Crippen molar-refractivity contribution in [2.24, 2.45) is 5.73 Å². The van der Waals surface area contributed by atoms with Gasteiger partial charge in [0.05, 0.1) is 10.9 Å². The van der Waals surface area contributed by atoms with E-state index in [0.717, 1.165) is 0 Å². The summed E-state index contributed by atoms with van der Waals surface area (Å²) in [7, 11) is -3.51. The zero-order chi connectivity index (χ0) is 13.6. The van der Waals surface area contributed by atoms with Gasteiger partial charge in [-0.1, -0.05) is 18.2 Å². The first-order valence-electron chi connectivity index (χ1n) is 5.51. The van der Waals surface area contributed by atoms with E-state index < -0.39 is 16.1 Å². The van der Waals surface area contributed by atoms with E-state index in [-0.39, 0.29) is 36.3 Å². The molecular formula is C11H18ClN3O3S. The van der Waals surface area contributed by atoms with Crippen molar-refractivity contribution < 1.29 is 13.2 Å².